The van der Waals surface area contributed by atoms with Crippen LogP contribution in [0.1, 0.15) is 63.2 Å². The van der Waals surface area contributed by atoms with E-state index >= 15 is 0 Å². The van der Waals surface area contributed by atoms with Crippen molar-refractivity contribution in [3.8, 4) is 11.1 Å². The van der Waals surface area contributed by atoms with Crippen molar-refractivity contribution in [2.45, 2.75) is 32.4 Å². The molecular weight excluding hydrogens is 627 g/mol. The van der Waals surface area contributed by atoms with E-state index < -0.39 is 11.9 Å². The number of carbonyl (C=O) groups excluding carboxylic acids is 3. The molecule has 0 radical (unpaired) electrons. The molecule has 0 saturated heterocycles. The van der Waals surface area contributed by atoms with E-state index in [1.54, 1.807) is 67.7 Å². The van der Waals surface area contributed by atoms with E-state index in [-0.39, 0.29) is 24.2 Å². The van der Waals surface area contributed by atoms with Gasteiger partial charge in [0.1, 0.15) is 17.7 Å². The zero-order valence-electron chi connectivity index (χ0n) is 28.1. The molecule has 0 aliphatic rings. The van der Waals surface area contributed by atoms with Crippen LogP contribution in [0.2, 0.25) is 0 Å². The van der Waals surface area contributed by atoms with Gasteiger partial charge in [-0.2, -0.15) is 0 Å². The Kier molecular flexibility index (Phi) is 10.1. The summed E-state index contributed by atoms with van der Waals surface area (Å²) in [6.07, 6.45) is 0. The molecule has 7 nitrogen and oxygen atoms in total. The van der Waals surface area contributed by atoms with E-state index in [1.165, 1.54) is 22.6 Å². The van der Waals surface area contributed by atoms with Crippen molar-refractivity contribution in [1.82, 2.24) is 15.2 Å². The smallest absolute Gasteiger partial charge is 0.257 e. The van der Waals surface area contributed by atoms with Crippen molar-refractivity contribution in [2.75, 3.05) is 12.4 Å². The largest absolute Gasteiger partial charge is 0.339 e. The van der Waals surface area contributed by atoms with E-state index in [0.29, 0.717) is 39.3 Å². The van der Waals surface area contributed by atoms with Gasteiger partial charge in [0.2, 0.25) is 5.91 Å². The Labute approximate surface area is 290 Å². The molecule has 0 unspecified atom stereocenters. The molecule has 1 atom stereocenters. The first kappa shape index (κ1) is 33.7. The van der Waals surface area contributed by atoms with Crippen molar-refractivity contribution in [3.63, 3.8) is 0 Å². The van der Waals surface area contributed by atoms with Crippen LogP contribution in [0, 0.1) is 5.82 Å². The lowest BCUT2D eigenvalue weighted by molar-refractivity contribution is -0.132. The maximum Gasteiger partial charge on any atom is 0.257 e. The van der Waals surface area contributed by atoms with Crippen molar-refractivity contribution in [1.29, 1.82) is 0 Å². The number of hydrogen-bond acceptors (Lipinski definition) is 4. The molecule has 2 N–H and O–H groups in total. The summed E-state index contributed by atoms with van der Waals surface area (Å²) in [5, 5.41) is 6.52. The summed E-state index contributed by atoms with van der Waals surface area (Å²) in [4.78, 5) is 46.8. The number of amides is 3. The Morgan fingerprint density at radius 1 is 0.740 bits per heavy atom. The summed E-state index contributed by atoms with van der Waals surface area (Å²) in [6.45, 7) is 4.54. The second-order valence-corrected chi connectivity index (χ2v) is 12.5. The molecular formula is C42H37FN4O3. The third-order valence-electron chi connectivity index (χ3n) is 8.62. The van der Waals surface area contributed by atoms with Gasteiger partial charge in [-0.3, -0.25) is 14.4 Å². The topological polar surface area (TPSA) is 91.4 Å². The molecule has 1 heterocycles. The molecule has 5 aromatic carbocycles. The molecule has 8 heteroatoms. The molecule has 0 aliphatic heterocycles. The average Bonchev–Trinajstić information content (AvgIpc) is 3.14. The first-order valence-corrected chi connectivity index (χ1v) is 16.4. The summed E-state index contributed by atoms with van der Waals surface area (Å²) >= 11 is 0. The maximum atomic E-state index is 13.7. The predicted octanol–water partition coefficient (Wildman–Crippen LogP) is 8.55. The van der Waals surface area contributed by atoms with E-state index in [0.717, 1.165) is 16.7 Å². The van der Waals surface area contributed by atoms with Gasteiger partial charge in [0, 0.05) is 30.1 Å². The van der Waals surface area contributed by atoms with Gasteiger partial charge in [-0.05, 0) is 82.3 Å². The van der Waals surface area contributed by atoms with Gasteiger partial charge in [-0.25, -0.2) is 9.37 Å². The summed E-state index contributed by atoms with van der Waals surface area (Å²) < 4.78 is 13.4. The van der Waals surface area contributed by atoms with E-state index in [9.17, 15) is 18.8 Å². The fraction of sp³-hybridized carbons (Fsp3) is 0.143. The van der Waals surface area contributed by atoms with Crippen LogP contribution in [-0.4, -0.2) is 34.7 Å². The lowest BCUT2D eigenvalue weighted by Crippen LogP contribution is -2.41. The number of hydrogen-bond donors (Lipinski definition) is 2. The molecule has 1 aromatic heterocycles. The van der Waals surface area contributed by atoms with Crippen LogP contribution in [0.25, 0.3) is 22.0 Å². The third kappa shape index (κ3) is 7.76. The van der Waals surface area contributed by atoms with Crippen LogP contribution >= 0.6 is 0 Å². The minimum atomic E-state index is -0.948. The first-order chi connectivity index (χ1) is 24.2. The number of benzene rings is 5. The van der Waals surface area contributed by atoms with Crippen molar-refractivity contribution < 1.29 is 18.8 Å². The summed E-state index contributed by atoms with van der Waals surface area (Å²) in [5.41, 5.74) is 5.87. The van der Waals surface area contributed by atoms with Crippen LogP contribution < -0.4 is 10.6 Å². The third-order valence-corrected chi connectivity index (χ3v) is 8.62. The van der Waals surface area contributed by atoms with Crippen LogP contribution in [-0.2, 0) is 11.3 Å². The number of nitrogens with one attached hydrogen (secondary N) is 2. The first-order valence-electron chi connectivity index (χ1n) is 16.4. The lowest BCUT2D eigenvalue weighted by Gasteiger charge is -2.25. The fourth-order valence-electron chi connectivity index (χ4n) is 5.81. The number of pyridine rings is 1. The fourth-order valence-corrected chi connectivity index (χ4v) is 5.81. The molecule has 0 bridgehead atoms. The van der Waals surface area contributed by atoms with Crippen LogP contribution in [0.5, 0.6) is 0 Å². The molecule has 0 aliphatic carbocycles. The van der Waals surface area contributed by atoms with Crippen LogP contribution in [0.4, 0.5) is 10.2 Å². The molecule has 6 aromatic rings. The summed E-state index contributed by atoms with van der Waals surface area (Å²) in [6, 6.07) is 38.3. The number of aromatic nitrogens is 1. The number of fused-ring (bicyclic) bond motifs is 1. The second kappa shape index (κ2) is 15.0. The van der Waals surface area contributed by atoms with Gasteiger partial charge in [-0.15, -0.1) is 0 Å². The van der Waals surface area contributed by atoms with Crippen molar-refractivity contribution >= 4 is 34.4 Å². The molecule has 50 heavy (non-hydrogen) atoms. The highest BCUT2D eigenvalue weighted by molar-refractivity contribution is 6.09. The Hall–Kier alpha value is -6.15. The number of halogens is 1. The number of carbonyl (C=O) groups is 3. The highest BCUT2D eigenvalue weighted by atomic mass is 19.1. The van der Waals surface area contributed by atoms with Gasteiger partial charge in [0.25, 0.3) is 11.8 Å². The van der Waals surface area contributed by atoms with Crippen LogP contribution in [0.3, 0.4) is 0 Å². The quantitative estimate of drug-likeness (QED) is 0.154. The van der Waals surface area contributed by atoms with Gasteiger partial charge < -0.3 is 15.5 Å². The minimum Gasteiger partial charge on any atom is -0.339 e. The summed E-state index contributed by atoms with van der Waals surface area (Å²) in [5.74, 6) is -0.588. The average molecular weight is 665 g/mol. The number of anilines is 1. The molecule has 250 valence electrons. The molecule has 0 spiro atoms. The Morgan fingerprint density at radius 3 is 2.16 bits per heavy atom. The Morgan fingerprint density at radius 2 is 1.44 bits per heavy atom. The number of rotatable bonds is 10. The second-order valence-electron chi connectivity index (χ2n) is 12.5. The lowest BCUT2D eigenvalue weighted by atomic mass is 9.96. The summed E-state index contributed by atoms with van der Waals surface area (Å²) in [7, 11) is 1.65. The SMILES string of the molecule is CC(C)c1ccc(-c2ccccc2C(=O)Nc2ccc3cc(C(=O)N[C@H](C(=O)N(C)Cc4ccc(F)cc4)c4ccccc4)ccc3n2)cc1. The molecule has 3 amide bonds. The van der Waals surface area contributed by atoms with Gasteiger partial charge in [-0.1, -0.05) is 98.8 Å². The zero-order chi connectivity index (χ0) is 35.2. The molecule has 0 fully saturated rings. The highest BCUT2D eigenvalue weighted by Crippen LogP contribution is 2.27. The Balaban J connectivity index is 1.18. The predicted molar refractivity (Wildman–Crippen MR) is 195 cm³/mol. The molecule has 6 rings (SSSR count). The van der Waals surface area contributed by atoms with E-state index in [2.05, 4.69) is 41.6 Å². The van der Waals surface area contributed by atoms with Crippen molar-refractivity contribution in [3.05, 3.63) is 167 Å². The Bertz CT molecular complexity index is 2150. The zero-order valence-corrected chi connectivity index (χ0v) is 28.1. The number of likely N-dealkylation sites (N-methyl/N-ethyl adjacent to an activating group) is 1. The minimum absolute atomic E-state index is 0.246. The van der Waals surface area contributed by atoms with Gasteiger partial charge >= 0.3 is 0 Å². The van der Waals surface area contributed by atoms with E-state index in [1.807, 2.05) is 48.5 Å². The van der Waals surface area contributed by atoms with Gasteiger partial charge in [0.15, 0.2) is 0 Å². The van der Waals surface area contributed by atoms with Gasteiger partial charge in [0.05, 0.1) is 5.52 Å². The van der Waals surface area contributed by atoms with Crippen molar-refractivity contribution in [2.24, 2.45) is 0 Å². The highest BCUT2D eigenvalue weighted by Gasteiger charge is 2.26. The normalized spacial score (nSPS) is 11.6. The standard InChI is InChI=1S/C42H37FN4O3/c1-27(2)29-15-17-30(18-16-29)35-11-7-8-12-36(35)41(49)45-38-24-20-32-25-33(19-23-37(32)44-38)40(48)46-39(31-9-5-4-6-10-31)42(50)47(3)26-28-13-21-34(43)22-14-28/h4-25,27,39H,26H2,1-3H3,(H,46,48)(H,44,45,49)/t39-/m0/s1. The van der Waals surface area contributed by atoms with Crippen LogP contribution in [0.15, 0.2) is 133 Å². The maximum absolute atomic E-state index is 13.7. The van der Waals surface area contributed by atoms with E-state index in [4.69, 9.17) is 0 Å². The number of nitrogens with zero attached hydrogens (tertiary/aromatic N) is 2. The molecule has 0 saturated carbocycles. The monoisotopic (exact) mass is 664 g/mol.